The van der Waals surface area contributed by atoms with Gasteiger partial charge in [0.2, 0.25) is 0 Å². The predicted octanol–water partition coefficient (Wildman–Crippen LogP) is 2.67. The zero-order valence-corrected chi connectivity index (χ0v) is 15.2. The van der Waals surface area contributed by atoms with Crippen LogP contribution in [0.25, 0.3) is 0 Å². The molecule has 28 heavy (non-hydrogen) atoms. The summed E-state index contributed by atoms with van der Waals surface area (Å²) in [4.78, 5) is 23.3. The Morgan fingerprint density at radius 2 is 2.18 bits per heavy atom. The molecule has 1 fully saturated rings. The van der Waals surface area contributed by atoms with Crippen LogP contribution in [0.5, 0.6) is 5.75 Å². The van der Waals surface area contributed by atoms with Crippen LogP contribution in [-0.2, 0) is 15.7 Å². The van der Waals surface area contributed by atoms with Crippen molar-refractivity contribution in [3.8, 4) is 5.75 Å². The SMILES string of the molecule is CN/C=C\C(=C/C=O)NC(=O)c1ccc(C(F)(F)F)cc1OCC1CCOC1. The van der Waals surface area contributed by atoms with E-state index in [1.54, 1.807) is 7.05 Å². The predicted molar refractivity (Wildman–Crippen MR) is 95.7 cm³/mol. The maximum atomic E-state index is 13.1. The molecular formula is C19H21F3N2O4. The van der Waals surface area contributed by atoms with E-state index in [1.807, 2.05) is 0 Å². The molecule has 0 saturated carbocycles. The lowest BCUT2D eigenvalue weighted by Gasteiger charge is -2.16. The number of carbonyl (C=O) groups is 2. The van der Waals surface area contributed by atoms with E-state index < -0.39 is 17.6 Å². The van der Waals surface area contributed by atoms with Crippen molar-refractivity contribution < 1.29 is 32.2 Å². The van der Waals surface area contributed by atoms with Crippen LogP contribution in [0, 0.1) is 5.92 Å². The van der Waals surface area contributed by atoms with Gasteiger partial charge in [-0.1, -0.05) is 0 Å². The number of amides is 1. The summed E-state index contributed by atoms with van der Waals surface area (Å²) in [6, 6.07) is 2.67. The zero-order chi connectivity index (χ0) is 20.6. The number of rotatable bonds is 8. The maximum Gasteiger partial charge on any atom is 0.416 e. The fraction of sp³-hybridized carbons (Fsp3) is 0.368. The molecule has 2 rings (SSSR count). The summed E-state index contributed by atoms with van der Waals surface area (Å²) in [5, 5.41) is 5.18. The van der Waals surface area contributed by atoms with E-state index in [0.717, 1.165) is 30.7 Å². The molecule has 152 valence electrons. The normalized spacial score (nSPS) is 17.6. The Hall–Kier alpha value is -2.81. The van der Waals surface area contributed by atoms with Gasteiger partial charge < -0.3 is 20.1 Å². The lowest BCUT2D eigenvalue weighted by molar-refractivity contribution is -0.137. The Morgan fingerprint density at radius 3 is 2.79 bits per heavy atom. The first-order valence-electron chi connectivity index (χ1n) is 8.57. The number of allylic oxidation sites excluding steroid dienone is 2. The van der Waals surface area contributed by atoms with E-state index in [2.05, 4.69) is 10.6 Å². The molecule has 1 heterocycles. The first-order valence-corrected chi connectivity index (χ1v) is 8.57. The Balaban J connectivity index is 2.26. The van der Waals surface area contributed by atoms with Crippen molar-refractivity contribution in [1.29, 1.82) is 0 Å². The summed E-state index contributed by atoms with van der Waals surface area (Å²) in [6.07, 6.45) is 0.696. The second-order valence-electron chi connectivity index (χ2n) is 6.08. The molecule has 0 aliphatic carbocycles. The van der Waals surface area contributed by atoms with Gasteiger partial charge >= 0.3 is 6.18 Å². The average molecular weight is 398 g/mol. The van der Waals surface area contributed by atoms with Gasteiger partial charge in [0.1, 0.15) is 12.0 Å². The third kappa shape index (κ3) is 6.12. The van der Waals surface area contributed by atoms with Crippen LogP contribution in [0.15, 0.2) is 42.2 Å². The van der Waals surface area contributed by atoms with Gasteiger partial charge in [0.25, 0.3) is 5.91 Å². The van der Waals surface area contributed by atoms with Crippen molar-refractivity contribution in [2.75, 3.05) is 26.9 Å². The minimum atomic E-state index is -4.57. The summed E-state index contributed by atoms with van der Waals surface area (Å²) < 4.78 is 49.9. The standard InChI is InChI=1S/C19H21F3N2O4/c1-23-7-4-15(5-8-25)24-18(26)16-3-2-14(19(20,21)22)10-17(16)28-12-13-6-9-27-11-13/h2-5,7-8,10,13,23H,6,9,11-12H2,1H3,(H,24,26)/b7-4-,15-5+. The quantitative estimate of drug-likeness (QED) is 0.400. The van der Waals surface area contributed by atoms with Crippen LogP contribution < -0.4 is 15.4 Å². The summed E-state index contributed by atoms with van der Waals surface area (Å²) in [7, 11) is 1.63. The van der Waals surface area contributed by atoms with E-state index in [-0.39, 0.29) is 29.5 Å². The van der Waals surface area contributed by atoms with Gasteiger partial charge in [-0.05, 0) is 36.9 Å². The monoisotopic (exact) mass is 398 g/mol. The fourth-order valence-electron chi connectivity index (χ4n) is 2.51. The number of halogens is 3. The summed E-state index contributed by atoms with van der Waals surface area (Å²) in [6.45, 7) is 1.17. The van der Waals surface area contributed by atoms with E-state index in [0.29, 0.717) is 19.5 Å². The minimum absolute atomic E-state index is 0.0505. The molecule has 6 nitrogen and oxygen atoms in total. The number of ether oxygens (including phenoxy) is 2. The maximum absolute atomic E-state index is 13.1. The molecular weight excluding hydrogens is 377 g/mol. The summed E-state index contributed by atoms with van der Waals surface area (Å²) in [5.41, 5.74) is -0.813. The third-order valence-corrected chi connectivity index (χ3v) is 3.99. The Labute approximate surface area is 160 Å². The number of hydrogen-bond donors (Lipinski definition) is 2. The smallest absolute Gasteiger partial charge is 0.416 e. The largest absolute Gasteiger partial charge is 0.492 e. The van der Waals surface area contributed by atoms with Gasteiger partial charge in [0.05, 0.1) is 24.3 Å². The second kappa shape index (κ2) is 9.93. The first-order chi connectivity index (χ1) is 13.3. The lowest BCUT2D eigenvalue weighted by atomic mass is 10.1. The van der Waals surface area contributed by atoms with Gasteiger partial charge in [-0.2, -0.15) is 13.2 Å². The Bertz CT molecular complexity index is 754. The van der Waals surface area contributed by atoms with Crippen molar-refractivity contribution in [3.05, 3.63) is 53.4 Å². The number of hydrogen-bond acceptors (Lipinski definition) is 5. The van der Waals surface area contributed by atoms with E-state index in [1.165, 1.54) is 12.3 Å². The highest BCUT2D eigenvalue weighted by atomic mass is 19.4. The van der Waals surface area contributed by atoms with E-state index >= 15 is 0 Å². The summed E-state index contributed by atoms with van der Waals surface area (Å²) >= 11 is 0. The highest BCUT2D eigenvalue weighted by Gasteiger charge is 2.32. The number of benzene rings is 1. The van der Waals surface area contributed by atoms with Gasteiger partial charge in [0, 0.05) is 31.3 Å². The number of alkyl halides is 3. The molecule has 1 aliphatic rings. The van der Waals surface area contributed by atoms with Gasteiger partial charge in [-0.25, -0.2) is 0 Å². The molecule has 1 aliphatic heterocycles. The van der Waals surface area contributed by atoms with Crippen LogP contribution in [0.2, 0.25) is 0 Å². The van der Waals surface area contributed by atoms with Crippen molar-refractivity contribution in [3.63, 3.8) is 0 Å². The molecule has 0 aromatic heterocycles. The molecule has 9 heteroatoms. The van der Waals surface area contributed by atoms with Crippen molar-refractivity contribution in [2.24, 2.45) is 5.92 Å². The molecule has 0 bridgehead atoms. The highest BCUT2D eigenvalue weighted by molar-refractivity contribution is 5.98. The van der Waals surface area contributed by atoms with Crippen LogP contribution >= 0.6 is 0 Å². The summed E-state index contributed by atoms with van der Waals surface area (Å²) in [5.74, 6) is -0.822. The molecule has 1 atom stereocenters. The molecule has 1 amide bonds. The molecule has 2 N–H and O–H groups in total. The van der Waals surface area contributed by atoms with Gasteiger partial charge in [-0.15, -0.1) is 0 Å². The fourth-order valence-corrected chi connectivity index (χ4v) is 2.51. The van der Waals surface area contributed by atoms with Gasteiger partial charge in [-0.3, -0.25) is 9.59 Å². The molecule has 0 radical (unpaired) electrons. The molecule has 1 unspecified atom stereocenters. The van der Waals surface area contributed by atoms with Crippen LogP contribution in [-0.4, -0.2) is 39.1 Å². The van der Waals surface area contributed by atoms with Crippen molar-refractivity contribution >= 4 is 12.2 Å². The van der Waals surface area contributed by atoms with Crippen LogP contribution in [0.3, 0.4) is 0 Å². The first kappa shape index (κ1) is 21.5. The second-order valence-corrected chi connectivity index (χ2v) is 6.08. The van der Waals surface area contributed by atoms with Crippen LogP contribution in [0.4, 0.5) is 13.2 Å². The molecule has 1 aromatic carbocycles. The topological polar surface area (TPSA) is 76.7 Å². The molecule has 1 saturated heterocycles. The van der Waals surface area contributed by atoms with E-state index in [4.69, 9.17) is 9.47 Å². The zero-order valence-electron chi connectivity index (χ0n) is 15.2. The number of carbonyl (C=O) groups excluding carboxylic acids is 2. The minimum Gasteiger partial charge on any atom is -0.492 e. The van der Waals surface area contributed by atoms with Crippen molar-refractivity contribution in [2.45, 2.75) is 12.6 Å². The van der Waals surface area contributed by atoms with Crippen molar-refractivity contribution in [1.82, 2.24) is 10.6 Å². The molecule has 0 spiro atoms. The lowest BCUT2D eigenvalue weighted by Crippen LogP contribution is -2.24. The van der Waals surface area contributed by atoms with E-state index in [9.17, 15) is 22.8 Å². The molecule has 1 aromatic rings. The Morgan fingerprint density at radius 1 is 1.39 bits per heavy atom. The average Bonchev–Trinajstić information content (AvgIpc) is 3.17. The Kier molecular flexibility index (Phi) is 7.62. The van der Waals surface area contributed by atoms with Crippen LogP contribution in [0.1, 0.15) is 22.3 Å². The number of nitrogens with one attached hydrogen (secondary N) is 2. The third-order valence-electron chi connectivity index (χ3n) is 3.99. The van der Waals surface area contributed by atoms with Gasteiger partial charge in [0.15, 0.2) is 0 Å². The highest BCUT2D eigenvalue weighted by Crippen LogP contribution is 2.33. The number of aldehydes is 1.